The van der Waals surface area contributed by atoms with Crippen LogP contribution in [0.1, 0.15) is 12.5 Å². The first kappa shape index (κ1) is 25.6. The van der Waals surface area contributed by atoms with Gasteiger partial charge in [-0.1, -0.05) is 0 Å². The van der Waals surface area contributed by atoms with Crippen molar-refractivity contribution in [3.05, 3.63) is 48.0 Å². The van der Waals surface area contributed by atoms with Crippen molar-refractivity contribution < 1.29 is 18.1 Å². The van der Waals surface area contributed by atoms with Crippen molar-refractivity contribution in [1.82, 2.24) is 19.8 Å². The fourth-order valence-corrected chi connectivity index (χ4v) is 4.76. The molecule has 2 atom stereocenters. The molecule has 1 aliphatic rings. The van der Waals surface area contributed by atoms with Gasteiger partial charge in [0.2, 0.25) is 0 Å². The molecule has 1 aromatic heterocycles. The minimum atomic E-state index is -2.46. The molecule has 0 saturated carbocycles. The summed E-state index contributed by atoms with van der Waals surface area (Å²) in [7, 11) is -0.436. The molecule has 9 nitrogen and oxygen atoms in total. The molecule has 0 spiro atoms. The molecule has 1 aliphatic heterocycles. The Morgan fingerprint density at radius 2 is 1.92 bits per heavy atom. The van der Waals surface area contributed by atoms with Crippen molar-refractivity contribution >= 4 is 49.6 Å². The predicted molar refractivity (Wildman–Crippen MR) is 143 cm³/mol. The number of hydrogen-bond acceptors (Lipinski definition) is 7. The molecular formula is C25H31FN6O3S. The lowest BCUT2D eigenvalue weighted by atomic mass is 10.1. The van der Waals surface area contributed by atoms with Crippen LogP contribution in [0.4, 0.5) is 21.6 Å². The van der Waals surface area contributed by atoms with Gasteiger partial charge in [0.25, 0.3) is 5.91 Å². The lowest BCUT2D eigenvalue weighted by molar-refractivity contribution is -0.139. The van der Waals surface area contributed by atoms with Crippen LogP contribution in [0.2, 0.25) is 0 Å². The number of halogens is 1. The second-order valence-corrected chi connectivity index (χ2v) is 11.4. The summed E-state index contributed by atoms with van der Waals surface area (Å²) in [5, 5.41) is 3.96. The zero-order chi connectivity index (χ0) is 26.0. The van der Waals surface area contributed by atoms with Crippen molar-refractivity contribution in [2.75, 3.05) is 49.5 Å². The average molecular weight is 515 g/mol. The third-order valence-corrected chi connectivity index (χ3v) is 6.60. The first-order chi connectivity index (χ1) is 17.0. The average Bonchev–Trinajstić information content (AvgIpc) is 2.79. The van der Waals surface area contributed by atoms with E-state index in [4.69, 9.17) is 4.74 Å². The van der Waals surface area contributed by atoms with E-state index in [-0.39, 0.29) is 11.7 Å². The largest absolute Gasteiger partial charge is 0.479 e. The molecule has 1 saturated heterocycles. The smallest absolute Gasteiger partial charge is 0.263 e. The number of ether oxygens (including phenoxy) is 1. The van der Waals surface area contributed by atoms with Crippen LogP contribution >= 0.6 is 0 Å². The van der Waals surface area contributed by atoms with Gasteiger partial charge in [-0.3, -0.25) is 4.79 Å². The SMILES string of the molecule is C=S(C)(=O)Nc1cc(C)c2c(Nc3ccc(F)cc3O[C@H](C)C(=O)N3CCN(C)CC3)ncnc2c1. The van der Waals surface area contributed by atoms with E-state index < -0.39 is 21.6 Å². The number of anilines is 3. The molecule has 2 heterocycles. The van der Waals surface area contributed by atoms with E-state index in [1.165, 1.54) is 24.7 Å². The fourth-order valence-electron chi connectivity index (χ4n) is 4.14. The molecule has 4 rings (SSSR count). The van der Waals surface area contributed by atoms with Crippen LogP contribution in [0.3, 0.4) is 0 Å². The Bertz CT molecular complexity index is 1390. The number of hydrogen-bond donors (Lipinski definition) is 2. The van der Waals surface area contributed by atoms with E-state index in [1.807, 2.05) is 20.0 Å². The van der Waals surface area contributed by atoms with Crippen molar-refractivity contribution in [2.24, 2.45) is 0 Å². The van der Waals surface area contributed by atoms with E-state index in [2.05, 4.69) is 30.8 Å². The third-order valence-electron chi connectivity index (χ3n) is 5.93. The van der Waals surface area contributed by atoms with Crippen LogP contribution in [0, 0.1) is 12.7 Å². The van der Waals surface area contributed by atoms with Crippen LogP contribution < -0.4 is 14.8 Å². The molecule has 2 aromatic carbocycles. The molecule has 2 N–H and O–H groups in total. The van der Waals surface area contributed by atoms with Gasteiger partial charge in [-0.05, 0) is 56.6 Å². The number of carbonyl (C=O) groups is 1. The summed E-state index contributed by atoms with van der Waals surface area (Å²) in [5.41, 5.74) is 2.56. The number of piperazine rings is 1. The van der Waals surface area contributed by atoms with E-state index in [0.29, 0.717) is 35.8 Å². The number of amides is 1. The van der Waals surface area contributed by atoms with Gasteiger partial charge in [0.1, 0.15) is 23.7 Å². The van der Waals surface area contributed by atoms with Crippen LogP contribution in [0.25, 0.3) is 10.9 Å². The van der Waals surface area contributed by atoms with Gasteiger partial charge in [0.15, 0.2) is 6.10 Å². The number of rotatable bonds is 7. The highest BCUT2D eigenvalue weighted by atomic mass is 32.2. The number of benzene rings is 2. The highest BCUT2D eigenvalue weighted by Gasteiger charge is 2.26. The zero-order valence-corrected chi connectivity index (χ0v) is 21.7. The molecule has 0 aliphatic carbocycles. The van der Waals surface area contributed by atoms with Crippen molar-refractivity contribution in [3.8, 4) is 5.75 Å². The summed E-state index contributed by atoms with van der Waals surface area (Å²) in [5.74, 6) is 3.71. The van der Waals surface area contributed by atoms with Crippen molar-refractivity contribution in [2.45, 2.75) is 20.0 Å². The Labute approximate surface area is 210 Å². The topological polar surface area (TPSA) is 99.7 Å². The molecule has 11 heteroatoms. The van der Waals surface area contributed by atoms with E-state index in [1.54, 1.807) is 24.0 Å². The van der Waals surface area contributed by atoms with Crippen LogP contribution in [0.15, 0.2) is 36.7 Å². The molecule has 36 heavy (non-hydrogen) atoms. The van der Waals surface area contributed by atoms with Gasteiger partial charge >= 0.3 is 0 Å². The number of nitrogens with one attached hydrogen (secondary N) is 2. The van der Waals surface area contributed by atoms with Crippen molar-refractivity contribution in [1.29, 1.82) is 0 Å². The third kappa shape index (κ3) is 6.03. The standard InChI is InChI=1S/C25H31FN6O3S/c1-16-12-19(30-36(4,5)34)14-21-23(16)24(28-15-27-21)29-20-7-6-18(26)13-22(20)35-17(2)25(33)32-10-8-31(3)9-11-32/h6-7,12-15,17H,4,8-11H2,1-3,5H3,(H,30,34)(H,27,28,29)/t17-,36?/m1/s1. The summed E-state index contributed by atoms with van der Waals surface area (Å²) < 4.78 is 35.1. The maximum absolute atomic E-state index is 14.2. The second kappa shape index (κ2) is 10.3. The minimum absolute atomic E-state index is 0.139. The lowest BCUT2D eigenvalue weighted by Gasteiger charge is -2.34. The summed E-state index contributed by atoms with van der Waals surface area (Å²) in [6.45, 7) is 6.41. The van der Waals surface area contributed by atoms with Gasteiger partial charge in [0.05, 0.1) is 11.2 Å². The molecule has 1 amide bonds. The zero-order valence-electron chi connectivity index (χ0n) is 20.9. The van der Waals surface area contributed by atoms with Gasteiger partial charge < -0.3 is 24.6 Å². The van der Waals surface area contributed by atoms with Crippen LogP contribution in [-0.2, 0) is 14.5 Å². The molecule has 0 radical (unpaired) electrons. The maximum atomic E-state index is 14.2. The Balaban J connectivity index is 1.61. The molecule has 3 aromatic rings. The molecule has 0 bridgehead atoms. The first-order valence-electron chi connectivity index (χ1n) is 11.6. The predicted octanol–water partition coefficient (Wildman–Crippen LogP) is 3.04. The Hall–Kier alpha value is -3.44. The van der Waals surface area contributed by atoms with Gasteiger partial charge in [-0.25, -0.2) is 18.6 Å². The number of fused-ring (bicyclic) bond motifs is 1. The number of aryl methyl sites for hydroxylation is 1. The molecular weight excluding hydrogens is 483 g/mol. The second-order valence-electron chi connectivity index (χ2n) is 9.17. The fraction of sp³-hybridized carbons (Fsp3) is 0.360. The van der Waals surface area contributed by atoms with Crippen LogP contribution in [-0.4, -0.2) is 81.3 Å². The number of likely N-dealkylation sites (N-methyl/N-ethyl adjacent to an activating group) is 1. The summed E-state index contributed by atoms with van der Waals surface area (Å²) >= 11 is 0. The van der Waals surface area contributed by atoms with E-state index >= 15 is 0 Å². The number of aromatic nitrogens is 2. The molecule has 192 valence electrons. The summed E-state index contributed by atoms with van der Waals surface area (Å²) in [6, 6.07) is 7.71. The minimum Gasteiger partial charge on any atom is -0.479 e. The maximum Gasteiger partial charge on any atom is 0.263 e. The molecule has 1 fully saturated rings. The van der Waals surface area contributed by atoms with Gasteiger partial charge in [0, 0.05) is 59.3 Å². The van der Waals surface area contributed by atoms with Crippen molar-refractivity contribution in [3.63, 3.8) is 0 Å². The number of nitrogens with zero attached hydrogens (tertiary/aromatic N) is 4. The highest BCUT2D eigenvalue weighted by molar-refractivity contribution is 8.00. The van der Waals surface area contributed by atoms with Gasteiger partial charge in [-0.15, -0.1) is 0 Å². The Morgan fingerprint density at radius 1 is 1.19 bits per heavy atom. The quantitative estimate of drug-likeness (QED) is 0.468. The monoisotopic (exact) mass is 514 g/mol. The van der Waals surface area contributed by atoms with Crippen LogP contribution in [0.5, 0.6) is 5.75 Å². The molecule has 1 unspecified atom stereocenters. The Kier molecular flexibility index (Phi) is 7.32. The first-order valence-corrected chi connectivity index (χ1v) is 13.7. The highest BCUT2D eigenvalue weighted by Crippen LogP contribution is 2.33. The summed E-state index contributed by atoms with van der Waals surface area (Å²) in [4.78, 5) is 25.6. The van der Waals surface area contributed by atoms with Gasteiger partial charge in [-0.2, -0.15) is 0 Å². The lowest BCUT2D eigenvalue weighted by Crippen LogP contribution is -2.50. The van der Waals surface area contributed by atoms with E-state index in [9.17, 15) is 13.4 Å². The van der Waals surface area contributed by atoms with E-state index in [0.717, 1.165) is 24.0 Å². The number of carbonyl (C=O) groups excluding carboxylic acids is 1. The Morgan fingerprint density at radius 3 is 2.61 bits per heavy atom. The normalized spacial score (nSPS) is 16.9. The summed E-state index contributed by atoms with van der Waals surface area (Å²) in [6.07, 6.45) is 2.13.